The van der Waals surface area contributed by atoms with E-state index in [1.54, 1.807) is 11.3 Å². The number of carbonyl (C=O) groups is 1. The third-order valence-corrected chi connectivity index (χ3v) is 4.89. The van der Waals surface area contributed by atoms with Gasteiger partial charge in [0, 0.05) is 21.3 Å². The second-order valence-electron chi connectivity index (χ2n) is 4.82. The zero-order chi connectivity index (χ0) is 13.6. The highest BCUT2D eigenvalue weighted by atomic mass is 79.9. The second-order valence-corrected chi connectivity index (χ2v) is 6.62. The average molecular weight is 338 g/mol. The van der Waals surface area contributed by atoms with E-state index in [1.165, 1.54) is 5.56 Å². The molecule has 1 fully saturated rings. The van der Waals surface area contributed by atoms with E-state index in [0.29, 0.717) is 0 Å². The second kappa shape index (κ2) is 4.72. The molecule has 3 rings (SSSR count). The molecule has 2 atom stereocenters. The van der Waals surface area contributed by atoms with E-state index >= 15 is 0 Å². The number of carboxylic acid groups (broad SMARTS) is 1. The lowest BCUT2D eigenvalue weighted by Gasteiger charge is -2.02. The molecule has 1 N–H and O–H groups in total. The first-order chi connectivity index (χ1) is 9.06. The van der Waals surface area contributed by atoms with Gasteiger partial charge in [-0.1, -0.05) is 22.0 Å². The number of benzene rings is 1. The fraction of sp³-hybridized carbons (Fsp3) is 0.286. The van der Waals surface area contributed by atoms with Crippen molar-refractivity contribution in [2.75, 3.05) is 0 Å². The van der Waals surface area contributed by atoms with E-state index in [1.807, 2.05) is 11.4 Å². The Balaban J connectivity index is 1.90. The molecular formula is C14H12BrNO2S. The van der Waals surface area contributed by atoms with Crippen LogP contribution >= 0.6 is 27.3 Å². The fourth-order valence-corrected chi connectivity index (χ4v) is 3.55. The Bertz CT molecular complexity index is 653. The van der Waals surface area contributed by atoms with Crippen LogP contribution in [0.2, 0.25) is 0 Å². The number of carboxylic acids is 1. The number of halogens is 1. The van der Waals surface area contributed by atoms with Crippen LogP contribution in [-0.4, -0.2) is 16.1 Å². The molecule has 0 aliphatic heterocycles. The molecule has 2 aromatic rings. The van der Waals surface area contributed by atoms with E-state index in [0.717, 1.165) is 27.2 Å². The summed E-state index contributed by atoms with van der Waals surface area (Å²) >= 11 is 5.03. The summed E-state index contributed by atoms with van der Waals surface area (Å²) < 4.78 is 1.03. The maximum Gasteiger partial charge on any atom is 0.307 e. The van der Waals surface area contributed by atoms with Crippen LogP contribution < -0.4 is 0 Å². The number of thiazole rings is 1. The van der Waals surface area contributed by atoms with Crippen molar-refractivity contribution in [3.8, 4) is 11.3 Å². The van der Waals surface area contributed by atoms with E-state index in [-0.39, 0.29) is 11.8 Å². The van der Waals surface area contributed by atoms with Crippen LogP contribution in [-0.2, 0) is 4.79 Å². The SMILES string of the molecule is Cc1ccc(Br)cc1-c1csc(C2CC2C(=O)O)n1. The Labute approximate surface area is 123 Å². The lowest BCUT2D eigenvalue weighted by atomic mass is 10.1. The predicted octanol–water partition coefficient (Wildman–Crippen LogP) is 4.07. The molecule has 0 bridgehead atoms. The molecule has 1 aliphatic carbocycles. The minimum absolute atomic E-state index is 0.115. The van der Waals surface area contributed by atoms with Crippen molar-refractivity contribution >= 4 is 33.2 Å². The topological polar surface area (TPSA) is 50.2 Å². The van der Waals surface area contributed by atoms with Crippen LogP contribution in [0, 0.1) is 12.8 Å². The maximum absolute atomic E-state index is 10.9. The van der Waals surface area contributed by atoms with Gasteiger partial charge in [0.25, 0.3) is 0 Å². The lowest BCUT2D eigenvalue weighted by Crippen LogP contribution is -1.98. The molecular weight excluding hydrogens is 326 g/mol. The molecule has 0 amide bonds. The summed E-state index contributed by atoms with van der Waals surface area (Å²) in [6.45, 7) is 2.05. The monoisotopic (exact) mass is 337 g/mol. The number of nitrogens with zero attached hydrogens (tertiary/aromatic N) is 1. The van der Waals surface area contributed by atoms with Gasteiger partial charge in [0.1, 0.15) is 0 Å². The van der Waals surface area contributed by atoms with Gasteiger partial charge in [-0.15, -0.1) is 11.3 Å². The van der Waals surface area contributed by atoms with Gasteiger partial charge in [0.2, 0.25) is 0 Å². The van der Waals surface area contributed by atoms with Crippen molar-refractivity contribution in [3.05, 3.63) is 38.6 Å². The smallest absolute Gasteiger partial charge is 0.307 e. The zero-order valence-electron chi connectivity index (χ0n) is 10.3. The van der Waals surface area contributed by atoms with Gasteiger partial charge in [0.15, 0.2) is 0 Å². The van der Waals surface area contributed by atoms with E-state index in [9.17, 15) is 4.79 Å². The van der Waals surface area contributed by atoms with E-state index < -0.39 is 5.97 Å². The van der Waals surface area contributed by atoms with E-state index in [2.05, 4.69) is 40.0 Å². The fourth-order valence-electron chi connectivity index (χ4n) is 2.19. The summed E-state index contributed by atoms with van der Waals surface area (Å²) in [5.41, 5.74) is 3.21. The molecule has 3 nitrogen and oxygen atoms in total. The van der Waals surface area contributed by atoms with Gasteiger partial charge in [-0.3, -0.25) is 4.79 Å². The maximum atomic E-state index is 10.9. The van der Waals surface area contributed by atoms with Gasteiger partial charge in [-0.05, 0) is 31.0 Å². The molecule has 0 radical (unpaired) electrons. The third kappa shape index (κ3) is 2.44. The molecule has 1 aliphatic rings. The van der Waals surface area contributed by atoms with Gasteiger partial charge >= 0.3 is 5.97 Å². The summed E-state index contributed by atoms with van der Waals surface area (Å²) in [6, 6.07) is 6.11. The van der Waals surface area contributed by atoms with Crippen molar-refractivity contribution in [2.45, 2.75) is 19.3 Å². The average Bonchev–Trinajstić information content (AvgIpc) is 3.04. The van der Waals surface area contributed by atoms with Crippen LogP contribution in [0.3, 0.4) is 0 Å². The molecule has 5 heteroatoms. The molecule has 0 saturated heterocycles. The van der Waals surface area contributed by atoms with Crippen molar-refractivity contribution in [1.82, 2.24) is 4.98 Å². The van der Waals surface area contributed by atoms with Crippen LogP contribution in [0.4, 0.5) is 0 Å². The molecule has 98 valence electrons. The minimum atomic E-state index is -0.708. The molecule has 1 aromatic heterocycles. The first-order valence-electron chi connectivity index (χ1n) is 6.01. The number of aliphatic carboxylic acids is 1. The first kappa shape index (κ1) is 12.8. The minimum Gasteiger partial charge on any atom is -0.481 e. The lowest BCUT2D eigenvalue weighted by molar-refractivity contribution is -0.138. The van der Waals surface area contributed by atoms with Gasteiger partial charge in [-0.2, -0.15) is 0 Å². The Morgan fingerprint density at radius 3 is 3.00 bits per heavy atom. The molecule has 1 saturated carbocycles. The highest BCUT2D eigenvalue weighted by Gasteiger charge is 2.46. The quantitative estimate of drug-likeness (QED) is 0.918. The molecule has 2 unspecified atom stereocenters. The number of hydrogen-bond donors (Lipinski definition) is 1. The molecule has 19 heavy (non-hydrogen) atoms. The van der Waals surface area contributed by atoms with Crippen LogP contribution in [0.5, 0.6) is 0 Å². The molecule has 0 spiro atoms. The van der Waals surface area contributed by atoms with Crippen molar-refractivity contribution < 1.29 is 9.90 Å². The highest BCUT2D eigenvalue weighted by Crippen LogP contribution is 2.49. The summed E-state index contributed by atoms with van der Waals surface area (Å²) in [5, 5.41) is 11.9. The molecule has 1 aromatic carbocycles. The summed E-state index contributed by atoms with van der Waals surface area (Å²) in [4.78, 5) is 15.5. The Kier molecular flexibility index (Phi) is 3.19. The van der Waals surface area contributed by atoms with Crippen molar-refractivity contribution in [2.24, 2.45) is 5.92 Å². The van der Waals surface area contributed by atoms with Crippen molar-refractivity contribution in [3.63, 3.8) is 0 Å². The number of aromatic nitrogens is 1. The summed E-state index contributed by atoms with van der Waals surface area (Å²) in [5.74, 6) is -0.827. The van der Waals surface area contributed by atoms with Crippen LogP contribution in [0.25, 0.3) is 11.3 Å². The van der Waals surface area contributed by atoms with E-state index in [4.69, 9.17) is 5.11 Å². The Hall–Kier alpha value is -1.20. The first-order valence-corrected chi connectivity index (χ1v) is 7.68. The molecule has 1 heterocycles. The third-order valence-electron chi connectivity index (χ3n) is 3.42. The van der Waals surface area contributed by atoms with Gasteiger partial charge in [-0.25, -0.2) is 4.98 Å². The summed E-state index contributed by atoms with van der Waals surface area (Å²) in [7, 11) is 0. The predicted molar refractivity (Wildman–Crippen MR) is 78.5 cm³/mol. The standard InChI is InChI=1S/C14H12BrNO2S/c1-7-2-3-8(15)4-9(7)12-6-19-13(16-12)10-5-11(10)14(17)18/h2-4,6,10-11H,5H2,1H3,(H,17,18). The normalized spacial score (nSPS) is 21.4. The number of rotatable bonds is 3. The number of hydrogen-bond acceptors (Lipinski definition) is 3. The highest BCUT2D eigenvalue weighted by molar-refractivity contribution is 9.10. The van der Waals surface area contributed by atoms with Crippen molar-refractivity contribution in [1.29, 1.82) is 0 Å². The van der Waals surface area contributed by atoms with Crippen LogP contribution in [0.1, 0.15) is 22.9 Å². The largest absolute Gasteiger partial charge is 0.481 e. The Morgan fingerprint density at radius 1 is 1.53 bits per heavy atom. The van der Waals surface area contributed by atoms with Crippen LogP contribution in [0.15, 0.2) is 28.1 Å². The Morgan fingerprint density at radius 2 is 2.32 bits per heavy atom. The summed E-state index contributed by atoms with van der Waals surface area (Å²) in [6.07, 6.45) is 0.722. The number of aryl methyl sites for hydroxylation is 1. The zero-order valence-corrected chi connectivity index (χ0v) is 12.7. The van der Waals surface area contributed by atoms with Gasteiger partial charge < -0.3 is 5.11 Å². The van der Waals surface area contributed by atoms with Gasteiger partial charge in [0.05, 0.1) is 16.6 Å².